The summed E-state index contributed by atoms with van der Waals surface area (Å²) in [5, 5.41) is 6.19. The smallest absolute Gasteiger partial charge is 0.243 e. The molecule has 0 spiro atoms. The fourth-order valence-corrected chi connectivity index (χ4v) is 5.84. The number of sulfonamides is 1. The van der Waals surface area contributed by atoms with Crippen LogP contribution in [0.25, 0.3) is 0 Å². The Morgan fingerprint density at radius 3 is 2.37 bits per heavy atom. The molecule has 2 heterocycles. The normalized spacial score (nSPS) is 16.0. The Balaban J connectivity index is 1.21. The highest BCUT2D eigenvalue weighted by Gasteiger charge is 2.33. The van der Waals surface area contributed by atoms with Gasteiger partial charge in [0.25, 0.3) is 0 Å². The van der Waals surface area contributed by atoms with Crippen LogP contribution in [-0.4, -0.2) is 53.8 Å². The third-order valence-electron chi connectivity index (χ3n) is 6.57. The molecule has 5 rings (SSSR count). The van der Waals surface area contributed by atoms with Gasteiger partial charge < -0.3 is 10.6 Å². The second-order valence-corrected chi connectivity index (χ2v) is 11.2. The van der Waals surface area contributed by atoms with Gasteiger partial charge in [-0.1, -0.05) is 30.3 Å². The van der Waals surface area contributed by atoms with Crippen LogP contribution in [0, 0.1) is 5.82 Å². The third-order valence-corrected chi connectivity index (χ3v) is 8.49. The minimum Gasteiger partial charge on any atom is -0.340 e. The predicted octanol–water partition coefficient (Wildman–Crippen LogP) is 5.00. The first kappa shape index (κ1) is 25.8. The summed E-state index contributed by atoms with van der Waals surface area (Å²) in [6.07, 6.45) is 2.39. The summed E-state index contributed by atoms with van der Waals surface area (Å²) in [6, 6.07) is 24.4. The molecule has 2 N–H and O–H groups in total. The van der Waals surface area contributed by atoms with Gasteiger partial charge in [-0.2, -0.15) is 9.29 Å². The molecule has 0 saturated carbocycles. The first-order chi connectivity index (χ1) is 18.4. The number of anilines is 4. The number of hydrogen-bond acceptors (Lipinski definition) is 7. The van der Waals surface area contributed by atoms with E-state index in [9.17, 15) is 12.8 Å². The SMILES string of the molecule is CN(C1CCN(Cc2ccccc2)C1)S(=O)(=O)c1ccc(Nc2nccc(Nc3ccc(F)cc3)n2)cc1. The lowest BCUT2D eigenvalue weighted by Gasteiger charge is -2.24. The average Bonchev–Trinajstić information content (AvgIpc) is 3.39. The van der Waals surface area contributed by atoms with Gasteiger partial charge in [-0.3, -0.25) is 4.90 Å². The first-order valence-corrected chi connectivity index (χ1v) is 13.8. The van der Waals surface area contributed by atoms with E-state index in [0.29, 0.717) is 29.7 Å². The molecule has 10 heteroatoms. The molecule has 8 nitrogen and oxygen atoms in total. The number of rotatable bonds is 9. The lowest BCUT2D eigenvalue weighted by atomic mass is 10.2. The number of likely N-dealkylation sites (N-methyl/N-ethyl adjacent to an activating group) is 1. The Labute approximate surface area is 222 Å². The van der Waals surface area contributed by atoms with Gasteiger partial charge in [0.15, 0.2) is 0 Å². The number of aromatic nitrogens is 2. The van der Waals surface area contributed by atoms with Crippen molar-refractivity contribution in [2.45, 2.75) is 23.9 Å². The Kier molecular flexibility index (Phi) is 7.64. The van der Waals surface area contributed by atoms with Crippen molar-refractivity contribution in [1.29, 1.82) is 0 Å². The van der Waals surface area contributed by atoms with Gasteiger partial charge in [-0.15, -0.1) is 0 Å². The monoisotopic (exact) mass is 532 g/mol. The summed E-state index contributed by atoms with van der Waals surface area (Å²) in [4.78, 5) is 11.2. The van der Waals surface area contributed by atoms with Crippen LogP contribution in [0.4, 0.5) is 27.5 Å². The van der Waals surface area contributed by atoms with E-state index in [4.69, 9.17) is 0 Å². The molecule has 0 aliphatic carbocycles. The Morgan fingerprint density at radius 1 is 0.947 bits per heavy atom. The summed E-state index contributed by atoms with van der Waals surface area (Å²) >= 11 is 0. The Bertz CT molecular complexity index is 1470. The molecule has 1 unspecified atom stereocenters. The van der Waals surface area contributed by atoms with E-state index in [2.05, 4.69) is 37.6 Å². The van der Waals surface area contributed by atoms with Crippen LogP contribution in [0.5, 0.6) is 0 Å². The highest BCUT2D eigenvalue weighted by atomic mass is 32.2. The first-order valence-electron chi connectivity index (χ1n) is 12.3. The highest BCUT2D eigenvalue weighted by Crippen LogP contribution is 2.25. The van der Waals surface area contributed by atoms with Crippen LogP contribution in [0.1, 0.15) is 12.0 Å². The van der Waals surface area contributed by atoms with Crippen molar-refractivity contribution in [2.24, 2.45) is 0 Å². The van der Waals surface area contributed by atoms with Crippen molar-refractivity contribution in [1.82, 2.24) is 19.2 Å². The molecule has 1 fully saturated rings. The molecule has 0 amide bonds. The number of benzene rings is 3. The van der Waals surface area contributed by atoms with Crippen LogP contribution < -0.4 is 10.6 Å². The molecule has 1 aliphatic rings. The number of hydrogen-bond donors (Lipinski definition) is 2. The van der Waals surface area contributed by atoms with Crippen molar-refractivity contribution in [2.75, 3.05) is 30.8 Å². The third kappa shape index (κ3) is 6.16. The maximum Gasteiger partial charge on any atom is 0.243 e. The number of halogens is 1. The van der Waals surface area contributed by atoms with Crippen molar-refractivity contribution >= 4 is 33.2 Å². The minimum atomic E-state index is -3.64. The van der Waals surface area contributed by atoms with E-state index >= 15 is 0 Å². The summed E-state index contributed by atoms with van der Waals surface area (Å²) < 4.78 is 41.3. The summed E-state index contributed by atoms with van der Waals surface area (Å²) in [5.41, 5.74) is 2.57. The minimum absolute atomic E-state index is 0.0775. The molecular formula is C28H29FN6O2S. The average molecular weight is 533 g/mol. The van der Waals surface area contributed by atoms with Crippen molar-refractivity contribution < 1.29 is 12.8 Å². The second-order valence-electron chi connectivity index (χ2n) is 9.23. The lowest BCUT2D eigenvalue weighted by molar-refractivity contribution is 0.298. The molecule has 0 radical (unpaired) electrons. The van der Waals surface area contributed by atoms with Gasteiger partial charge >= 0.3 is 0 Å². The van der Waals surface area contributed by atoms with E-state index < -0.39 is 10.0 Å². The van der Waals surface area contributed by atoms with Crippen LogP contribution in [0.15, 0.2) is 96.0 Å². The van der Waals surface area contributed by atoms with Gasteiger partial charge in [0.1, 0.15) is 11.6 Å². The standard InChI is InChI=1S/C28H29FN6O2S/c1-34(25-16-18-35(20-25)19-21-5-3-2-4-6-21)38(36,37)26-13-11-24(12-14-26)32-28-30-17-15-27(33-28)31-23-9-7-22(29)8-10-23/h2-15,17,25H,16,18-20H2,1H3,(H2,30,31,32,33). The molecule has 1 aliphatic heterocycles. The zero-order chi connectivity index (χ0) is 26.5. The zero-order valence-electron chi connectivity index (χ0n) is 21.0. The maximum atomic E-state index is 13.3. The molecule has 1 atom stereocenters. The number of likely N-dealkylation sites (tertiary alicyclic amines) is 1. The van der Waals surface area contributed by atoms with Crippen LogP contribution in [0.2, 0.25) is 0 Å². The lowest BCUT2D eigenvalue weighted by Crippen LogP contribution is -2.38. The zero-order valence-corrected chi connectivity index (χ0v) is 21.8. The van der Waals surface area contributed by atoms with E-state index in [0.717, 1.165) is 19.5 Å². The summed E-state index contributed by atoms with van der Waals surface area (Å²) in [5.74, 6) is 0.563. The maximum absolute atomic E-state index is 13.3. The van der Waals surface area contributed by atoms with Gasteiger partial charge in [0, 0.05) is 50.3 Å². The van der Waals surface area contributed by atoms with Gasteiger partial charge in [-0.25, -0.2) is 17.8 Å². The Morgan fingerprint density at radius 2 is 1.63 bits per heavy atom. The topological polar surface area (TPSA) is 90.5 Å². The summed E-state index contributed by atoms with van der Waals surface area (Å²) in [7, 11) is -1.98. The quantitative estimate of drug-likeness (QED) is 0.314. The molecule has 38 heavy (non-hydrogen) atoms. The van der Waals surface area contributed by atoms with E-state index in [1.807, 2.05) is 18.2 Å². The van der Waals surface area contributed by atoms with Crippen molar-refractivity contribution in [3.8, 4) is 0 Å². The summed E-state index contributed by atoms with van der Waals surface area (Å²) in [6.45, 7) is 2.37. The predicted molar refractivity (Wildman–Crippen MR) is 147 cm³/mol. The second kappa shape index (κ2) is 11.3. The number of nitrogens with one attached hydrogen (secondary N) is 2. The van der Waals surface area contributed by atoms with Crippen LogP contribution >= 0.6 is 0 Å². The van der Waals surface area contributed by atoms with E-state index in [1.165, 1.54) is 22.0 Å². The largest absolute Gasteiger partial charge is 0.340 e. The van der Waals surface area contributed by atoms with E-state index in [-0.39, 0.29) is 16.8 Å². The Hall–Kier alpha value is -3.86. The highest BCUT2D eigenvalue weighted by molar-refractivity contribution is 7.89. The van der Waals surface area contributed by atoms with Crippen LogP contribution in [-0.2, 0) is 16.6 Å². The molecule has 3 aromatic carbocycles. The molecule has 1 aromatic heterocycles. The molecule has 196 valence electrons. The molecule has 1 saturated heterocycles. The molecular weight excluding hydrogens is 503 g/mol. The fraction of sp³-hybridized carbons (Fsp3) is 0.214. The van der Waals surface area contributed by atoms with Gasteiger partial charge in [0.05, 0.1) is 4.90 Å². The number of nitrogens with zero attached hydrogens (tertiary/aromatic N) is 4. The van der Waals surface area contributed by atoms with E-state index in [1.54, 1.807) is 55.7 Å². The van der Waals surface area contributed by atoms with Crippen molar-refractivity contribution in [3.05, 3.63) is 103 Å². The van der Waals surface area contributed by atoms with Crippen molar-refractivity contribution in [3.63, 3.8) is 0 Å². The van der Waals surface area contributed by atoms with Gasteiger partial charge in [0.2, 0.25) is 16.0 Å². The molecule has 0 bridgehead atoms. The van der Waals surface area contributed by atoms with Gasteiger partial charge in [-0.05, 0) is 66.6 Å². The molecule has 4 aromatic rings. The van der Waals surface area contributed by atoms with Crippen LogP contribution in [0.3, 0.4) is 0 Å². The fourth-order valence-electron chi connectivity index (χ4n) is 4.47.